The van der Waals surface area contributed by atoms with Crippen LogP contribution in [-0.4, -0.2) is 11.0 Å². The van der Waals surface area contributed by atoms with E-state index in [1.807, 2.05) is 26.0 Å². The number of nitrogens with one attached hydrogen (secondary N) is 1. The molecule has 3 rings (SSSR count). The molecule has 0 amide bonds. The Balaban J connectivity index is 1.61. The fourth-order valence-electron chi connectivity index (χ4n) is 2.83. The molecule has 1 fully saturated rings. The Hall–Kier alpha value is -1.90. The van der Waals surface area contributed by atoms with Gasteiger partial charge in [0.25, 0.3) is 0 Å². The topological polar surface area (TPSA) is 24.9 Å². The average molecular weight is 270 g/mol. The Labute approximate surface area is 119 Å². The van der Waals surface area contributed by atoms with Crippen molar-refractivity contribution in [2.24, 2.45) is 0 Å². The van der Waals surface area contributed by atoms with Gasteiger partial charge in [-0.25, -0.2) is 4.39 Å². The van der Waals surface area contributed by atoms with Gasteiger partial charge in [-0.3, -0.25) is 4.98 Å². The van der Waals surface area contributed by atoms with Gasteiger partial charge in [-0.15, -0.1) is 0 Å². The van der Waals surface area contributed by atoms with E-state index < -0.39 is 0 Å². The van der Waals surface area contributed by atoms with Crippen LogP contribution in [0.2, 0.25) is 0 Å². The normalized spacial score (nSPS) is 21.4. The van der Waals surface area contributed by atoms with Crippen LogP contribution < -0.4 is 5.32 Å². The smallest absolute Gasteiger partial charge is 0.123 e. The standard InChI is InChI=1S/C17H19FN2/c1-11-6-7-17(12(2)19-11)20-16-9-14(10-16)13-4-3-5-15(18)8-13/h3-8,14,16,20H,9-10H2,1-2H3. The molecule has 1 N–H and O–H groups in total. The van der Waals surface area contributed by atoms with Gasteiger partial charge in [0, 0.05) is 11.7 Å². The third-order valence-electron chi connectivity index (χ3n) is 4.04. The molecule has 1 aliphatic rings. The highest BCUT2D eigenvalue weighted by Gasteiger charge is 2.30. The highest BCUT2D eigenvalue weighted by molar-refractivity contribution is 5.49. The van der Waals surface area contributed by atoms with Gasteiger partial charge >= 0.3 is 0 Å². The molecule has 20 heavy (non-hydrogen) atoms. The van der Waals surface area contributed by atoms with Crippen LogP contribution in [0.25, 0.3) is 0 Å². The summed E-state index contributed by atoms with van der Waals surface area (Å²) < 4.78 is 13.2. The number of aryl methyl sites for hydroxylation is 2. The molecule has 0 atom stereocenters. The molecular formula is C17H19FN2. The van der Waals surface area contributed by atoms with Crippen molar-refractivity contribution in [2.45, 2.75) is 38.6 Å². The zero-order valence-electron chi connectivity index (χ0n) is 11.9. The maximum absolute atomic E-state index is 13.2. The van der Waals surface area contributed by atoms with Crippen LogP contribution in [-0.2, 0) is 0 Å². The van der Waals surface area contributed by atoms with E-state index in [4.69, 9.17) is 0 Å². The van der Waals surface area contributed by atoms with Crippen LogP contribution in [0.5, 0.6) is 0 Å². The molecule has 1 aromatic heterocycles. The highest BCUT2D eigenvalue weighted by atomic mass is 19.1. The monoisotopic (exact) mass is 270 g/mol. The lowest BCUT2D eigenvalue weighted by Gasteiger charge is -2.37. The molecule has 0 radical (unpaired) electrons. The lowest BCUT2D eigenvalue weighted by atomic mass is 9.76. The highest BCUT2D eigenvalue weighted by Crippen LogP contribution is 2.38. The molecule has 1 saturated carbocycles. The van der Waals surface area contributed by atoms with Crippen molar-refractivity contribution in [3.63, 3.8) is 0 Å². The number of hydrogen-bond donors (Lipinski definition) is 1. The molecule has 3 heteroatoms. The molecule has 0 aliphatic heterocycles. The summed E-state index contributed by atoms with van der Waals surface area (Å²) in [7, 11) is 0. The first kappa shape index (κ1) is 13.1. The van der Waals surface area contributed by atoms with Gasteiger partial charge in [0.1, 0.15) is 5.82 Å². The maximum Gasteiger partial charge on any atom is 0.123 e. The van der Waals surface area contributed by atoms with Crippen molar-refractivity contribution in [3.8, 4) is 0 Å². The van der Waals surface area contributed by atoms with E-state index in [9.17, 15) is 4.39 Å². The van der Waals surface area contributed by atoms with E-state index in [1.54, 1.807) is 12.1 Å². The minimum Gasteiger partial charge on any atom is -0.381 e. The molecule has 2 nitrogen and oxygen atoms in total. The van der Waals surface area contributed by atoms with Crippen LogP contribution >= 0.6 is 0 Å². The van der Waals surface area contributed by atoms with Crippen LogP contribution in [0.15, 0.2) is 36.4 Å². The van der Waals surface area contributed by atoms with E-state index in [0.717, 1.165) is 35.5 Å². The van der Waals surface area contributed by atoms with E-state index in [-0.39, 0.29) is 5.82 Å². The average Bonchev–Trinajstić information content (AvgIpc) is 2.35. The summed E-state index contributed by atoms with van der Waals surface area (Å²) >= 11 is 0. The van der Waals surface area contributed by atoms with Crippen LogP contribution in [0, 0.1) is 19.7 Å². The number of halogens is 1. The van der Waals surface area contributed by atoms with Crippen molar-refractivity contribution in [1.29, 1.82) is 0 Å². The predicted molar refractivity (Wildman–Crippen MR) is 79.5 cm³/mol. The first-order valence-corrected chi connectivity index (χ1v) is 7.08. The third-order valence-corrected chi connectivity index (χ3v) is 4.04. The van der Waals surface area contributed by atoms with Gasteiger partial charge in [0.05, 0.1) is 11.4 Å². The zero-order valence-corrected chi connectivity index (χ0v) is 11.9. The lowest BCUT2D eigenvalue weighted by Crippen LogP contribution is -2.34. The van der Waals surface area contributed by atoms with Crippen molar-refractivity contribution in [1.82, 2.24) is 4.98 Å². The van der Waals surface area contributed by atoms with E-state index >= 15 is 0 Å². The van der Waals surface area contributed by atoms with Gasteiger partial charge in [0.15, 0.2) is 0 Å². The molecule has 0 saturated heterocycles. The number of anilines is 1. The van der Waals surface area contributed by atoms with E-state index in [1.165, 1.54) is 6.07 Å². The summed E-state index contributed by atoms with van der Waals surface area (Å²) in [5.41, 5.74) is 4.30. The molecule has 0 unspecified atom stereocenters. The number of benzene rings is 1. The first-order valence-electron chi connectivity index (χ1n) is 7.08. The third kappa shape index (κ3) is 2.67. The largest absolute Gasteiger partial charge is 0.381 e. The molecule has 1 aromatic carbocycles. The summed E-state index contributed by atoms with van der Waals surface area (Å²) in [6.45, 7) is 4.03. The van der Waals surface area contributed by atoms with Gasteiger partial charge < -0.3 is 5.32 Å². The number of aromatic nitrogens is 1. The minimum atomic E-state index is -0.141. The second-order valence-corrected chi connectivity index (χ2v) is 5.65. The molecular weight excluding hydrogens is 251 g/mol. The Morgan fingerprint density at radius 3 is 2.65 bits per heavy atom. The van der Waals surface area contributed by atoms with Gasteiger partial charge in [-0.1, -0.05) is 12.1 Å². The quantitative estimate of drug-likeness (QED) is 0.904. The van der Waals surface area contributed by atoms with E-state index in [2.05, 4.69) is 16.4 Å². The predicted octanol–water partition coefficient (Wildman–Crippen LogP) is 4.20. The van der Waals surface area contributed by atoms with Crippen LogP contribution in [0.3, 0.4) is 0 Å². The fraction of sp³-hybridized carbons (Fsp3) is 0.353. The number of rotatable bonds is 3. The van der Waals surface area contributed by atoms with E-state index in [0.29, 0.717) is 12.0 Å². The number of hydrogen-bond acceptors (Lipinski definition) is 2. The summed E-state index contributed by atoms with van der Waals surface area (Å²) in [6, 6.07) is 11.5. The minimum absolute atomic E-state index is 0.141. The van der Waals surface area contributed by atoms with Crippen molar-refractivity contribution >= 4 is 5.69 Å². The molecule has 1 aliphatic carbocycles. The molecule has 1 heterocycles. The van der Waals surface area contributed by atoms with Crippen LogP contribution in [0.1, 0.15) is 35.7 Å². The zero-order chi connectivity index (χ0) is 14.1. The molecule has 104 valence electrons. The van der Waals surface area contributed by atoms with Crippen molar-refractivity contribution < 1.29 is 4.39 Å². The summed E-state index contributed by atoms with van der Waals surface area (Å²) in [5.74, 6) is 0.333. The van der Waals surface area contributed by atoms with Gasteiger partial charge in [0.2, 0.25) is 0 Å². The van der Waals surface area contributed by atoms with Crippen LogP contribution in [0.4, 0.5) is 10.1 Å². The summed E-state index contributed by atoms with van der Waals surface area (Å²) in [4.78, 5) is 4.46. The van der Waals surface area contributed by atoms with Gasteiger partial charge in [-0.05, 0) is 62.4 Å². The molecule has 0 bridgehead atoms. The first-order chi connectivity index (χ1) is 9.61. The summed E-state index contributed by atoms with van der Waals surface area (Å²) in [6.07, 6.45) is 2.10. The van der Waals surface area contributed by atoms with Crippen molar-refractivity contribution in [2.75, 3.05) is 5.32 Å². The Bertz CT molecular complexity index is 618. The second kappa shape index (κ2) is 5.23. The number of pyridine rings is 1. The Morgan fingerprint density at radius 1 is 1.15 bits per heavy atom. The molecule has 0 spiro atoms. The maximum atomic E-state index is 13.2. The van der Waals surface area contributed by atoms with Gasteiger partial charge in [-0.2, -0.15) is 0 Å². The Kier molecular flexibility index (Phi) is 3.43. The second-order valence-electron chi connectivity index (χ2n) is 5.65. The van der Waals surface area contributed by atoms with Crippen molar-refractivity contribution in [3.05, 3.63) is 59.2 Å². The fourth-order valence-corrected chi connectivity index (χ4v) is 2.83. The Morgan fingerprint density at radius 2 is 1.95 bits per heavy atom. The number of nitrogens with zero attached hydrogens (tertiary/aromatic N) is 1. The lowest BCUT2D eigenvalue weighted by molar-refractivity contribution is 0.373. The summed E-state index contributed by atoms with van der Waals surface area (Å²) in [5, 5.41) is 3.53. The molecule has 2 aromatic rings. The SMILES string of the molecule is Cc1ccc(NC2CC(c3cccc(F)c3)C2)c(C)n1.